The van der Waals surface area contributed by atoms with E-state index < -0.39 is 16.2 Å². The summed E-state index contributed by atoms with van der Waals surface area (Å²) in [6.07, 6.45) is 1.47. The average molecular weight is 395 g/mol. The average Bonchev–Trinajstić information content (AvgIpc) is 3.16. The Hall–Kier alpha value is -3.06. The maximum atomic E-state index is 13.2. The second-order valence-electron chi connectivity index (χ2n) is 7.02. The van der Waals surface area contributed by atoms with E-state index in [-0.39, 0.29) is 6.54 Å². The Balaban J connectivity index is 1.72. The van der Waals surface area contributed by atoms with E-state index in [0.29, 0.717) is 12.4 Å². The first-order valence-electron chi connectivity index (χ1n) is 8.99. The van der Waals surface area contributed by atoms with Crippen LogP contribution in [0, 0.1) is 13.8 Å². The number of hydrogen-bond donors (Lipinski definition) is 0. The first kappa shape index (κ1) is 18.3. The lowest BCUT2D eigenvalue weighted by Crippen LogP contribution is -2.52. The molecule has 0 atom stereocenters. The molecule has 6 nitrogen and oxygen atoms in total. The Kier molecular flexibility index (Phi) is 4.47. The van der Waals surface area contributed by atoms with Crippen molar-refractivity contribution >= 4 is 22.1 Å². The second-order valence-corrected chi connectivity index (χ2v) is 8.75. The molecule has 7 heteroatoms. The van der Waals surface area contributed by atoms with Gasteiger partial charge >= 0.3 is 16.2 Å². The Morgan fingerprint density at radius 2 is 1.32 bits per heavy atom. The monoisotopic (exact) mass is 395 g/mol. The van der Waals surface area contributed by atoms with Crippen LogP contribution in [0.5, 0.6) is 0 Å². The maximum Gasteiger partial charge on any atom is 0.341 e. The minimum Gasteiger partial charge on any atom is -0.274 e. The molecule has 0 radical (unpaired) electrons. The maximum absolute atomic E-state index is 13.2. The highest BCUT2D eigenvalue weighted by Gasteiger charge is 2.40. The van der Waals surface area contributed by atoms with Crippen molar-refractivity contribution < 1.29 is 13.2 Å². The van der Waals surface area contributed by atoms with Crippen molar-refractivity contribution in [2.24, 2.45) is 0 Å². The number of carbonyl (C=O) groups is 1. The SMILES string of the molecule is Cc1ccc(CN2C(=O)N(Cc3ccc(C)cc3)S(=O)(=O)n3cccc32)cc1. The number of aromatic nitrogens is 1. The number of fused-ring (bicyclic) bond motifs is 1. The molecule has 0 saturated carbocycles. The molecule has 2 aromatic carbocycles. The number of carbonyl (C=O) groups excluding carboxylic acids is 1. The zero-order chi connectivity index (χ0) is 19.9. The van der Waals surface area contributed by atoms with Crippen molar-refractivity contribution in [1.82, 2.24) is 8.28 Å². The quantitative estimate of drug-likeness (QED) is 0.674. The van der Waals surface area contributed by atoms with Crippen LogP contribution in [0.25, 0.3) is 0 Å². The van der Waals surface area contributed by atoms with Crippen LogP contribution in [0.1, 0.15) is 22.3 Å². The van der Waals surface area contributed by atoms with Gasteiger partial charge in [-0.05, 0) is 37.1 Å². The van der Waals surface area contributed by atoms with Crippen molar-refractivity contribution in [3.63, 3.8) is 0 Å². The Labute approximate surface area is 164 Å². The molecule has 2 amide bonds. The van der Waals surface area contributed by atoms with Gasteiger partial charge in [0, 0.05) is 6.20 Å². The smallest absolute Gasteiger partial charge is 0.274 e. The molecule has 0 aliphatic carbocycles. The Morgan fingerprint density at radius 3 is 1.89 bits per heavy atom. The van der Waals surface area contributed by atoms with Gasteiger partial charge in [-0.15, -0.1) is 0 Å². The van der Waals surface area contributed by atoms with Gasteiger partial charge in [-0.3, -0.25) is 4.90 Å². The van der Waals surface area contributed by atoms with Gasteiger partial charge in [0.15, 0.2) is 0 Å². The van der Waals surface area contributed by atoms with Gasteiger partial charge in [-0.2, -0.15) is 12.7 Å². The van der Waals surface area contributed by atoms with E-state index in [1.165, 1.54) is 11.1 Å². The van der Waals surface area contributed by atoms with Crippen LogP contribution in [0.2, 0.25) is 0 Å². The van der Waals surface area contributed by atoms with Crippen LogP contribution in [0.4, 0.5) is 10.6 Å². The number of amides is 2. The minimum absolute atomic E-state index is 0.0105. The predicted octanol–water partition coefficient (Wildman–Crippen LogP) is 3.84. The first-order valence-corrected chi connectivity index (χ1v) is 10.4. The summed E-state index contributed by atoms with van der Waals surface area (Å²) >= 11 is 0. The van der Waals surface area contributed by atoms with Crippen molar-refractivity contribution in [1.29, 1.82) is 0 Å². The van der Waals surface area contributed by atoms with Crippen molar-refractivity contribution in [3.05, 3.63) is 89.1 Å². The normalized spacial score (nSPS) is 15.6. The fourth-order valence-electron chi connectivity index (χ4n) is 3.23. The molecule has 0 N–H and O–H groups in total. The van der Waals surface area contributed by atoms with Crippen LogP contribution in [-0.4, -0.2) is 22.7 Å². The van der Waals surface area contributed by atoms with Crippen LogP contribution in [0.3, 0.4) is 0 Å². The van der Waals surface area contributed by atoms with E-state index in [0.717, 1.165) is 30.5 Å². The number of nitrogens with zero attached hydrogens (tertiary/aromatic N) is 3. The molecule has 1 aromatic heterocycles. The largest absolute Gasteiger partial charge is 0.341 e. The molecule has 2 heterocycles. The highest BCUT2D eigenvalue weighted by atomic mass is 32.2. The van der Waals surface area contributed by atoms with Crippen LogP contribution < -0.4 is 4.90 Å². The molecule has 28 heavy (non-hydrogen) atoms. The van der Waals surface area contributed by atoms with Gasteiger partial charge in [0.1, 0.15) is 5.82 Å². The van der Waals surface area contributed by atoms with Gasteiger partial charge in [0.2, 0.25) is 0 Å². The Morgan fingerprint density at radius 1 is 0.786 bits per heavy atom. The summed E-state index contributed by atoms with van der Waals surface area (Å²) in [6, 6.07) is 18.1. The third kappa shape index (κ3) is 3.18. The van der Waals surface area contributed by atoms with E-state index in [1.54, 1.807) is 12.1 Å². The fourth-order valence-corrected chi connectivity index (χ4v) is 4.67. The molecule has 4 rings (SSSR count). The van der Waals surface area contributed by atoms with Gasteiger partial charge in [0.25, 0.3) is 0 Å². The zero-order valence-corrected chi connectivity index (χ0v) is 16.6. The topological polar surface area (TPSA) is 62.6 Å². The molecule has 0 unspecified atom stereocenters. The molecule has 0 saturated heterocycles. The summed E-state index contributed by atoms with van der Waals surface area (Å²) < 4.78 is 28.2. The fraction of sp³-hybridized carbons (Fsp3) is 0.190. The number of anilines is 1. The lowest BCUT2D eigenvalue weighted by Gasteiger charge is -2.36. The summed E-state index contributed by atoms with van der Waals surface area (Å²) in [5.41, 5.74) is 3.89. The van der Waals surface area contributed by atoms with Crippen LogP contribution in [0.15, 0.2) is 66.9 Å². The molecule has 0 spiro atoms. The highest BCUT2D eigenvalue weighted by molar-refractivity contribution is 7.88. The molecule has 0 fully saturated rings. The van der Waals surface area contributed by atoms with E-state index in [9.17, 15) is 13.2 Å². The summed E-state index contributed by atoms with van der Waals surface area (Å²) in [6.45, 7) is 4.24. The zero-order valence-electron chi connectivity index (χ0n) is 15.7. The third-order valence-corrected chi connectivity index (χ3v) is 6.50. The lowest BCUT2D eigenvalue weighted by molar-refractivity contribution is 0.225. The number of benzene rings is 2. The summed E-state index contributed by atoms with van der Waals surface area (Å²) in [7, 11) is -3.97. The lowest BCUT2D eigenvalue weighted by atomic mass is 10.1. The number of urea groups is 1. The molecule has 3 aromatic rings. The highest BCUT2D eigenvalue weighted by Crippen LogP contribution is 2.30. The summed E-state index contributed by atoms with van der Waals surface area (Å²) in [4.78, 5) is 14.7. The first-order chi connectivity index (χ1) is 13.4. The van der Waals surface area contributed by atoms with E-state index in [1.807, 2.05) is 62.4 Å². The van der Waals surface area contributed by atoms with Gasteiger partial charge in [0.05, 0.1) is 13.1 Å². The van der Waals surface area contributed by atoms with Crippen LogP contribution in [-0.2, 0) is 23.3 Å². The molecular weight excluding hydrogens is 374 g/mol. The molecule has 0 bridgehead atoms. The van der Waals surface area contributed by atoms with Gasteiger partial charge in [-0.25, -0.2) is 8.77 Å². The van der Waals surface area contributed by atoms with Gasteiger partial charge < -0.3 is 0 Å². The Bertz CT molecular complexity index is 1120. The number of hydrogen-bond acceptors (Lipinski definition) is 3. The number of aryl methyl sites for hydroxylation is 2. The standard InChI is InChI=1S/C21H21N3O3S/c1-16-5-9-18(10-6-16)14-22-20-4-3-13-23(20)28(26,27)24(21(22)25)15-19-11-7-17(2)8-12-19/h3-13H,14-15H2,1-2H3. The van der Waals surface area contributed by atoms with Crippen molar-refractivity contribution in [3.8, 4) is 0 Å². The van der Waals surface area contributed by atoms with Crippen molar-refractivity contribution in [2.45, 2.75) is 26.9 Å². The van der Waals surface area contributed by atoms with E-state index >= 15 is 0 Å². The molecular formula is C21H21N3O3S. The van der Waals surface area contributed by atoms with Crippen molar-refractivity contribution in [2.75, 3.05) is 4.90 Å². The molecule has 1 aliphatic heterocycles. The number of rotatable bonds is 4. The predicted molar refractivity (Wildman–Crippen MR) is 108 cm³/mol. The summed E-state index contributed by atoms with van der Waals surface area (Å²) in [5.74, 6) is 0.353. The van der Waals surface area contributed by atoms with E-state index in [4.69, 9.17) is 0 Å². The summed E-state index contributed by atoms with van der Waals surface area (Å²) in [5, 5.41) is 0. The molecule has 144 valence electrons. The molecule has 1 aliphatic rings. The second kappa shape index (κ2) is 6.83. The van der Waals surface area contributed by atoms with Gasteiger partial charge in [-0.1, -0.05) is 59.7 Å². The van der Waals surface area contributed by atoms with E-state index in [2.05, 4.69) is 0 Å². The third-order valence-electron chi connectivity index (χ3n) is 4.85. The van der Waals surface area contributed by atoms with Crippen LogP contribution >= 0.6 is 0 Å². The minimum atomic E-state index is -3.97.